The van der Waals surface area contributed by atoms with Gasteiger partial charge in [0, 0.05) is 19.6 Å². The maximum absolute atomic E-state index is 11.2. The molecule has 0 amide bonds. The molecule has 0 aromatic heterocycles. The molecule has 1 aliphatic heterocycles. The highest BCUT2D eigenvalue weighted by molar-refractivity contribution is 7.88. The Hall–Kier alpha value is -0.950. The second-order valence-electron chi connectivity index (χ2n) is 4.74. The number of aliphatic hydroxyl groups is 1. The van der Waals surface area contributed by atoms with Gasteiger partial charge in [-0.2, -0.15) is 0 Å². The second-order valence-corrected chi connectivity index (χ2v) is 6.52. The Balaban J connectivity index is 1.95. The molecule has 18 heavy (non-hydrogen) atoms. The van der Waals surface area contributed by atoms with Crippen LogP contribution in [0.15, 0.2) is 30.3 Å². The summed E-state index contributed by atoms with van der Waals surface area (Å²) in [7, 11) is -3.27. The molecule has 1 aliphatic rings. The Morgan fingerprint density at radius 3 is 2.61 bits per heavy atom. The summed E-state index contributed by atoms with van der Waals surface area (Å²) in [4.78, 5) is 2.04. The number of benzene rings is 1. The van der Waals surface area contributed by atoms with E-state index >= 15 is 0 Å². The van der Waals surface area contributed by atoms with Gasteiger partial charge in [0.25, 0.3) is 0 Å². The molecule has 2 atom stereocenters. The summed E-state index contributed by atoms with van der Waals surface area (Å²) in [5.74, 6) is 0. The highest BCUT2D eigenvalue weighted by Crippen LogP contribution is 2.14. The summed E-state index contributed by atoms with van der Waals surface area (Å²) < 4.78 is 24.8. The van der Waals surface area contributed by atoms with Crippen molar-refractivity contribution in [2.24, 2.45) is 0 Å². The standard InChI is InChI=1S/C12H18N2O3S/c1-18(16,17)13-11-8-14(9-12(11)15)7-10-5-3-2-4-6-10/h2-6,11-13,15H,7-9H2,1H3/t11-,12-/m1/s1. The molecule has 0 spiro atoms. The van der Waals surface area contributed by atoms with E-state index in [1.807, 2.05) is 35.2 Å². The van der Waals surface area contributed by atoms with Crippen LogP contribution in [-0.4, -0.2) is 49.9 Å². The minimum atomic E-state index is -3.27. The molecule has 0 bridgehead atoms. The van der Waals surface area contributed by atoms with Gasteiger partial charge in [0.05, 0.1) is 18.4 Å². The number of β-amino-alcohol motifs (C(OH)–C–C–N with tert-alkyl or cyclic N) is 1. The monoisotopic (exact) mass is 270 g/mol. The fourth-order valence-electron chi connectivity index (χ4n) is 2.23. The first kappa shape index (κ1) is 13.5. The van der Waals surface area contributed by atoms with Gasteiger partial charge in [-0.25, -0.2) is 13.1 Å². The van der Waals surface area contributed by atoms with Crippen LogP contribution in [0.5, 0.6) is 0 Å². The lowest BCUT2D eigenvalue weighted by atomic mass is 10.2. The van der Waals surface area contributed by atoms with Crippen molar-refractivity contribution in [2.45, 2.75) is 18.7 Å². The third-order valence-electron chi connectivity index (χ3n) is 2.98. The fourth-order valence-corrected chi connectivity index (χ4v) is 3.01. The predicted molar refractivity (Wildman–Crippen MR) is 69.5 cm³/mol. The van der Waals surface area contributed by atoms with E-state index in [2.05, 4.69) is 4.72 Å². The third kappa shape index (κ3) is 3.78. The number of rotatable bonds is 4. The Morgan fingerprint density at radius 1 is 1.33 bits per heavy atom. The first-order valence-electron chi connectivity index (χ1n) is 5.86. The zero-order chi connectivity index (χ0) is 13.2. The fraction of sp³-hybridized carbons (Fsp3) is 0.500. The van der Waals surface area contributed by atoms with Crippen LogP contribution >= 0.6 is 0 Å². The van der Waals surface area contributed by atoms with Crippen molar-refractivity contribution in [3.05, 3.63) is 35.9 Å². The minimum Gasteiger partial charge on any atom is -0.390 e. The molecule has 100 valence electrons. The van der Waals surface area contributed by atoms with Gasteiger partial charge in [0.1, 0.15) is 0 Å². The van der Waals surface area contributed by atoms with Gasteiger partial charge in [0.15, 0.2) is 0 Å². The highest BCUT2D eigenvalue weighted by Gasteiger charge is 2.32. The van der Waals surface area contributed by atoms with E-state index in [-0.39, 0.29) is 0 Å². The van der Waals surface area contributed by atoms with E-state index in [1.165, 1.54) is 0 Å². The second kappa shape index (κ2) is 5.36. The number of aliphatic hydroxyl groups excluding tert-OH is 1. The Labute approximate surface area is 107 Å². The number of likely N-dealkylation sites (tertiary alicyclic amines) is 1. The first-order chi connectivity index (χ1) is 8.44. The lowest BCUT2D eigenvalue weighted by Gasteiger charge is -2.15. The quantitative estimate of drug-likeness (QED) is 0.794. The van der Waals surface area contributed by atoms with Gasteiger partial charge in [0.2, 0.25) is 10.0 Å². The number of hydrogen-bond acceptors (Lipinski definition) is 4. The van der Waals surface area contributed by atoms with Gasteiger partial charge in [-0.3, -0.25) is 4.90 Å². The van der Waals surface area contributed by atoms with Crippen molar-refractivity contribution in [1.82, 2.24) is 9.62 Å². The van der Waals surface area contributed by atoms with Crippen LogP contribution in [0.3, 0.4) is 0 Å². The Bertz CT molecular complexity index is 489. The average Bonchev–Trinajstić information content (AvgIpc) is 2.58. The molecular formula is C12H18N2O3S. The smallest absolute Gasteiger partial charge is 0.209 e. The molecule has 5 nitrogen and oxygen atoms in total. The van der Waals surface area contributed by atoms with E-state index in [1.54, 1.807) is 0 Å². The van der Waals surface area contributed by atoms with E-state index in [9.17, 15) is 13.5 Å². The molecule has 1 aromatic rings. The van der Waals surface area contributed by atoms with Crippen LogP contribution < -0.4 is 4.72 Å². The van der Waals surface area contributed by atoms with Crippen molar-refractivity contribution in [3.8, 4) is 0 Å². The molecule has 0 unspecified atom stereocenters. The minimum absolute atomic E-state index is 0.413. The summed E-state index contributed by atoms with van der Waals surface area (Å²) in [5.41, 5.74) is 1.16. The van der Waals surface area contributed by atoms with Crippen LogP contribution in [0.1, 0.15) is 5.56 Å². The van der Waals surface area contributed by atoms with Crippen LogP contribution in [0.2, 0.25) is 0 Å². The topological polar surface area (TPSA) is 69.6 Å². The number of nitrogens with one attached hydrogen (secondary N) is 1. The third-order valence-corrected chi connectivity index (χ3v) is 3.71. The van der Waals surface area contributed by atoms with Crippen LogP contribution in [0.4, 0.5) is 0 Å². The van der Waals surface area contributed by atoms with Crippen LogP contribution in [0.25, 0.3) is 0 Å². The van der Waals surface area contributed by atoms with E-state index in [0.29, 0.717) is 13.1 Å². The predicted octanol–water partition coefficient (Wildman–Crippen LogP) is -0.219. The van der Waals surface area contributed by atoms with E-state index in [0.717, 1.165) is 18.4 Å². The van der Waals surface area contributed by atoms with Gasteiger partial charge in [-0.15, -0.1) is 0 Å². The maximum atomic E-state index is 11.2. The summed E-state index contributed by atoms with van der Waals surface area (Å²) in [6, 6.07) is 9.51. The number of sulfonamides is 1. The summed E-state index contributed by atoms with van der Waals surface area (Å²) in [6.45, 7) is 1.74. The number of nitrogens with zero attached hydrogens (tertiary/aromatic N) is 1. The number of hydrogen-bond donors (Lipinski definition) is 2. The lowest BCUT2D eigenvalue weighted by Crippen LogP contribution is -2.42. The maximum Gasteiger partial charge on any atom is 0.209 e. The molecule has 6 heteroatoms. The molecule has 2 N–H and O–H groups in total. The highest BCUT2D eigenvalue weighted by atomic mass is 32.2. The Morgan fingerprint density at radius 2 is 2.00 bits per heavy atom. The van der Waals surface area contributed by atoms with E-state index in [4.69, 9.17) is 0 Å². The molecule has 1 fully saturated rings. The molecule has 2 rings (SSSR count). The van der Waals surface area contributed by atoms with Gasteiger partial charge in [-0.05, 0) is 5.56 Å². The SMILES string of the molecule is CS(=O)(=O)N[C@@H]1CN(Cc2ccccc2)C[C@H]1O. The normalized spacial score (nSPS) is 25.4. The van der Waals surface area contributed by atoms with Crippen molar-refractivity contribution in [1.29, 1.82) is 0 Å². The van der Waals surface area contributed by atoms with E-state index < -0.39 is 22.2 Å². The molecule has 1 heterocycles. The molecule has 0 saturated carbocycles. The summed E-state index contributed by atoms with van der Waals surface area (Å²) in [5, 5.41) is 9.83. The van der Waals surface area contributed by atoms with Gasteiger partial charge in [-0.1, -0.05) is 30.3 Å². The lowest BCUT2D eigenvalue weighted by molar-refractivity contribution is 0.160. The average molecular weight is 270 g/mol. The summed E-state index contributed by atoms with van der Waals surface area (Å²) >= 11 is 0. The van der Waals surface area contributed by atoms with Gasteiger partial charge >= 0.3 is 0 Å². The molecular weight excluding hydrogens is 252 g/mol. The largest absolute Gasteiger partial charge is 0.390 e. The molecule has 1 aromatic carbocycles. The summed E-state index contributed by atoms with van der Waals surface area (Å²) in [6.07, 6.45) is 0.461. The van der Waals surface area contributed by atoms with Crippen molar-refractivity contribution in [2.75, 3.05) is 19.3 Å². The van der Waals surface area contributed by atoms with Crippen molar-refractivity contribution in [3.63, 3.8) is 0 Å². The van der Waals surface area contributed by atoms with Crippen LogP contribution in [0, 0.1) is 0 Å². The van der Waals surface area contributed by atoms with Crippen molar-refractivity contribution < 1.29 is 13.5 Å². The van der Waals surface area contributed by atoms with Crippen molar-refractivity contribution >= 4 is 10.0 Å². The molecule has 0 radical (unpaired) electrons. The molecule has 1 saturated heterocycles. The van der Waals surface area contributed by atoms with Gasteiger partial charge < -0.3 is 5.11 Å². The zero-order valence-electron chi connectivity index (χ0n) is 10.3. The molecule has 0 aliphatic carbocycles. The van der Waals surface area contributed by atoms with Crippen LogP contribution in [-0.2, 0) is 16.6 Å². The zero-order valence-corrected chi connectivity index (χ0v) is 11.1. The Kier molecular flexibility index (Phi) is 4.01. The first-order valence-corrected chi connectivity index (χ1v) is 7.75.